The van der Waals surface area contributed by atoms with Crippen molar-refractivity contribution in [3.63, 3.8) is 0 Å². The number of carbonyl (C=O) groups is 3. The molecule has 3 N–H and O–H groups in total. The number of rotatable bonds is 16. The largest absolute Gasteiger partial charge is 0.481 e. The lowest BCUT2D eigenvalue weighted by molar-refractivity contribution is -0.141. The minimum absolute atomic E-state index is 0.0551. The number of sulfone groups is 1. The van der Waals surface area contributed by atoms with Gasteiger partial charge in [-0.3, -0.25) is 9.59 Å². The highest BCUT2D eigenvalue weighted by molar-refractivity contribution is 7.98. The van der Waals surface area contributed by atoms with Crippen molar-refractivity contribution in [2.45, 2.75) is 77.9 Å². The van der Waals surface area contributed by atoms with Gasteiger partial charge in [-0.15, -0.1) is 0 Å². The molecule has 1 saturated heterocycles. The van der Waals surface area contributed by atoms with Gasteiger partial charge in [0.05, 0.1) is 11.7 Å². The van der Waals surface area contributed by atoms with Crippen LogP contribution in [0.25, 0.3) is 11.1 Å². The van der Waals surface area contributed by atoms with Gasteiger partial charge in [0.15, 0.2) is 0 Å². The zero-order chi connectivity index (χ0) is 37.6. The molecule has 1 amide bonds. The molecule has 0 saturated carbocycles. The molecule has 3 atom stereocenters. The van der Waals surface area contributed by atoms with E-state index in [-0.39, 0.29) is 18.1 Å². The predicted octanol–water partition coefficient (Wildman–Crippen LogP) is 7.24. The molecule has 0 aliphatic carbocycles. The van der Waals surface area contributed by atoms with Crippen LogP contribution in [-0.4, -0.2) is 77.5 Å². The second-order valence-electron chi connectivity index (χ2n) is 13.1. The van der Waals surface area contributed by atoms with E-state index in [0.717, 1.165) is 60.7 Å². The zero-order valence-electron chi connectivity index (χ0n) is 30.3. The van der Waals surface area contributed by atoms with Gasteiger partial charge in [-0.05, 0) is 97.4 Å². The number of aryl methyl sites for hydroxylation is 1. The molecule has 0 radical (unpaired) electrons. The van der Waals surface area contributed by atoms with Crippen molar-refractivity contribution in [2.24, 2.45) is 5.92 Å². The first kappa shape index (κ1) is 41.3. The lowest BCUT2D eigenvalue weighted by Gasteiger charge is -2.29. The standard InChI is InChI=1S/C34H40N2O3S.C6H12O4S/c1-4-10-27-16-17-28(21-25-12-6-5-7-13-25)36(27)23-26-15-18-30(31(22-26)29-14-9-8-11-24(29)2)33(37)35-32(34(38)39)19-20-40-3;1-5(6(7)8)3-4-11(2,9)10/h5-15,18,22,28,32H,4,16-17,19-21,23H2,1-3H3,(H,35,37)(H,38,39);5H,3-4H2,1-2H3,(H,7,8)/b27-10+;/t28-,32?;/m0./s1. The summed E-state index contributed by atoms with van der Waals surface area (Å²) in [6.07, 6.45) is 10.1. The normalized spacial score (nSPS) is 16.2. The maximum atomic E-state index is 13.5. The molecule has 276 valence electrons. The fraction of sp³-hybridized carbons (Fsp3) is 0.425. The Morgan fingerprint density at radius 1 is 0.961 bits per heavy atom. The molecule has 51 heavy (non-hydrogen) atoms. The van der Waals surface area contributed by atoms with Gasteiger partial charge in [0.1, 0.15) is 15.9 Å². The summed E-state index contributed by atoms with van der Waals surface area (Å²) in [7, 11) is -3.02. The van der Waals surface area contributed by atoms with Gasteiger partial charge in [-0.2, -0.15) is 11.8 Å². The smallest absolute Gasteiger partial charge is 0.326 e. The van der Waals surface area contributed by atoms with Gasteiger partial charge in [0, 0.05) is 30.1 Å². The fourth-order valence-corrected chi connectivity index (χ4v) is 7.31. The van der Waals surface area contributed by atoms with Gasteiger partial charge in [-0.25, -0.2) is 13.2 Å². The number of thioether (sulfide) groups is 1. The zero-order valence-corrected chi connectivity index (χ0v) is 31.9. The summed E-state index contributed by atoms with van der Waals surface area (Å²) in [6, 6.07) is 24.2. The van der Waals surface area contributed by atoms with E-state index < -0.39 is 33.7 Å². The maximum Gasteiger partial charge on any atom is 0.326 e. The molecule has 1 heterocycles. The van der Waals surface area contributed by atoms with Crippen molar-refractivity contribution in [1.82, 2.24) is 10.2 Å². The number of benzene rings is 3. The number of nitrogens with one attached hydrogen (secondary N) is 1. The van der Waals surface area contributed by atoms with Gasteiger partial charge in [-0.1, -0.05) is 80.6 Å². The van der Waals surface area contributed by atoms with Gasteiger partial charge < -0.3 is 20.4 Å². The number of likely N-dealkylation sites (tertiary alicyclic amines) is 1. The van der Waals surface area contributed by atoms with E-state index >= 15 is 0 Å². The van der Waals surface area contributed by atoms with Crippen molar-refractivity contribution < 1.29 is 33.0 Å². The van der Waals surface area contributed by atoms with Gasteiger partial charge in [0.2, 0.25) is 0 Å². The minimum atomic E-state index is -3.02. The molecule has 1 aliphatic heterocycles. The lowest BCUT2D eigenvalue weighted by Crippen LogP contribution is -2.41. The number of hydrogen-bond acceptors (Lipinski definition) is 7. The first-order chi connectivity index (χ1) is 24.2. The molecule has 1 aliphatic rings. The van der Waals surface area contributed by atoms with Gasteiger partial charge >= 0.3 is 11.9 Å². The molecule has 9 nitrogen and oxygen atoms in total. The Morgan fingerprint density at radius 2 is 1.65 bits per heavy atom. The summed E-state index contributed by atoms with van der Waals surface area (Å²) in [6.45, 7) is 6.48. The average molecular weight is 737 g/mol. The molecule has 3 aromatic carbocycles. The second-order valence-corrected chi connectivity index (χ2v) is 16.4. The van der Waals surface area contributed by atoms with E-state index in [4.69, 9.17) is 5.11 Å². The Balaban J connectivity index is 0.000000551. The maximum absolute atomic E-state index is 13.5. The Morgan fingerprint density at radius 3 is 2.25 bits per heavy atom. The number of carboxylic acids is 2. The van der Waals surface area contributed by atoms with Gasteiger partial charge in [0.25, 0.3) is 5.91 Å². The molecular formula is C40H52N2O7S2. The number of aliphatic carboxylic acids is 2. The van der Waals surface area contributed by atoms with Crippen molar-refractivity contribution in [3.8, 4) is 11.1 Å². The number of allylic oxidation sites excluding steroid dienone is 2. The van der Waals surface area contributed by atoms with Crippen molar-refractivity contribution in [2.75, 3.05) is 24.0 Å². The third-order valence-corrected chi connectivity index (χ3v) is 10.6. The molecule has 0 bridgehead atoms. The van der Waals surface area contributed by atoms with E-state index in [9.17, 15) is 27.9 Å². The number of nitrogens with zero attached hydrogens (tertiary/aromatic N) is 1. The molecule has 2 unspecified atom stereocenters. The monoisotopic (exact) mass is 736 g/mol. The van der Waals surface area contributed by atoms with E-state index in [1.165, 1.54) is 18.2 Å². The van der Waals surface area contributed by atoms with Crippen LogP contribution in [0.2, 0.25) is 0 Å². The molecule has 1 fully saturated rings. The topological polar surface area (TPSA) is 141 Å². The lowest BCUT2D eigenvalue weighted by atomic mass is 9.93. The third kappa shape index (κ3) is 13.2. The van der Waals surface area contributed by atoms with Crippen LogP contribution in [0.4, 0.5) is 0 Å². The van der Waals surface area contributed by atoms with Crippen LogP contribution in [0.5, 0.6) is 0 Å². The van der Waals surface area contributed by atoms with Crippen LogP contribution in [-0.2, 0) is 32.4 Å². The Labute approximate surface area is 307 Å². The highest BCUT2D eigenvalue weighted by atomic mass is 32.2. The SMILES string of the molecule is CC(CCS(C)(=O)=O)C(=O)O.CC/C=C1\CC[C@@H](Cc2ccccc2)N1Cc1ccc(C(=O)NC(CCSC)C(=O)O)c(-c2ccccc2C)c1. The predicted molar refractivity (Wildman–Crippen MR) is 207 cm³/mol. The summed E-state index contributed by atoms with van der Waals surface area (Å²) < 4.78 is 21.1. The van der Waals surface area contributed by atoms with E-state index in [0.29, 0.717) is 23.8 Å². The number of carboxylic acid groups (broad SMARTS) is 2. The van der Waals surface area contributed by atoms with Crippen LogP contribution in [0.1, 0.15) is 73.0 Å². The fourth-order valence-electron chi connectivity index (χ4n) is 6.06. The van der Waals surface area contributed by atoms with E-state index in [1.807, 2.05) is 49.6 Å². The minimum Gasteiger partial charge on any atom is -0.481 e. The first-order valence-corrected chi connectivity index (χ1v) is 20.8. The number of hydrogen-bond donors (Lipinski definition) is 3. The van der Waals surface area contributed by atoms with Crippen LogP contribution >= 0.6 is 11.8 Å². The molecule has 0 aromatic heterocycles. The number of amides is 1. The van der Waals surface area contributed by atoms with Crippen LogP contribution < -0.4 is 5.32 Å². The molecule has 3 aromatic rings. The Kier molecular flexibility index (Phi) is 16.3. The van der Waals surface area contributed by atoms with Crippen molar-refractivity contribution in [1.29, 1.82) is 0 Å². The van der Waals surface area contributed by atoms with Crippen molar-refractivity contribution >= 4 is 39.4 Å². The molecule has 11 heteroatoms. The first-order valence-electron chi connectivity index (χ1n) is 17.4. The van der Waals surface area contributed by atoms with Crippen molar-refractivity contribution in [3.05, 3.63) is 107 Å². The van der Waals surface area contributed by atoms with Crippen LogP contribution in [0.3, 0.4) is 0 Å². The summed E-state index contributed by atoms with van der Waals surface area (Å²) in [5.74, 6) is -2.29. The Hall–Kier alpha value is -4.09. The molecule has 4 rings (SSSR count). The second kappa shape index (κ2) is 20.1. The number of carbonyl (C=O) groups excluding carboxylic acids is 1. The average Bonchev–Trinajstić information content (AvgIpc) is 3.45. The summed E-state index contributed by atoms with van der Waals surface area (Å²) in [5, 5.41) is 20.9. The third-order valence-electron chi connectivity index (χ3n) is 8.97. The van der Waals surface area contributed by atoms with Crippen LogP contribution in [0, 0.1) is 12.8 Å². The summed E-state index contributed by atoms with van der Waals surface area (Å²) in [5.41, 5.74) is 7.26. The van der Waals surface area contributed by atoms with E-state index in [1.54, 1.807) is 11.8 Å². The Bertz CT molecular complexity index is 1760. The molecule has 0 spiro atoms. The van der Waals surface area contributed by atoms with Crippen LogP contribution in [0.15, 0.2) is 84.6 Å². The highest BCUT2D eigenvalue weighted by Gasteiger charge is 2.29. The molecular weight excluding hydrogens is 685 g/mol. The summed E-state index contributed by atoms with van der Waals surface area (Å²) in [4.78, 5) is 38.1. The van der Waals surface area contributed by atoms with E-state index in [2.05, 4.69) is 59.6 Å². The summed E-state index contributed by atoms with van der Waals surface area (Å²) >= 11 is 1.57. The quantitative estimate of drug-likeness (QED) is 0.139. The highest BCUT2D eigenvalue weighted by Crippen LogP contribution is 2.34.